The van der Waals surface area contributed by atoms with Crippen LogP contribution in [0.1, 0.15) is 30.8 Å². The Morgan fingerprint density at radius 2 is 2.20 bits per heavy atom. The van der Waals surface area contributed by atoms with Gasteiger partial charge in [-0.2, -0.15) is 5.10 Å². The standard InChI is InChI=1S/C12H14BrCl2N5/c1-2-3-20-12(8(13)6-18-20)11(19-16)10-9(15)4-7(14)5-17-10/h4-6,11,19H,2-3,16H2,1H3. The van der Waals surface area contributed by atoms with Crippen LogP contribution in [0.2, 0.25) is 10.0 Å². The second-order valence-corrected chi connectivity index (χ2v) is 5.92. The predicted molar refractivity (Wildman–Crippen MR) is 83.6 cm³/mol. The number of halogens is 3. The number of rotatable bonds is 5. The fraction of sp³-hybridized carbons (Fsp3) is 0.333. The summed E-state index contributed by atoms with van der Waals surface area (Å²) >= 11 is 15.6. The van der Waals surface area contributed by atoms with Crippen molar-refractivity contribution >= 4 is 39.1 Å². The summed E-state index contributed by atoms with van der Waals surface area (Å²) in [7, 11) is 0. The minimum Gasteiger partial charge on any atom is -0.270 e. The Hall–Kier alpha value is -0.660. The SMILES string of the molecule is CCCn1ncc(Br)c1C(NN)c1ncc(Cl)cc1Cl. The minimum atomic E-state index is -0.372. The molecule has 0 saturated carbocycles. The Bertz CT molecular complexity index is 602. The van der Waals surface area contributed by atoms with Gasteiger partial charge in [-0.25, -0.2) is 5.43 Å². The Labute approximate surface area is 135 Å². The van der Waals surface area contributed by atoms with Crippen LogP contribution in [-0.2, 0) is 6.54 Å². The number of hydrogen-bond donors (Lipinski definition) is 2. The molecule has 0 aromatic carbocycles. The van der Waals surface area contributed by atoms with Crippen LogP contribution in [0.4, 0.5) is 0 Å². The van der Waals surface area contributed by atoms with E-state index in [-0.39, 0.29) is 6.04 Å². The highest BCUT2D eigenvalue weighted by atomic mass is 79.9. The third-order valence-corrected chi connectivity index (χ3v) is 3.94. The zero-order valence-electron chi connectivity index (χ0n) is 10.8. The molecule has 0 aliphatic rings. The average Bonchev–Trinajstić information content (AvgIpc) is 2.75. The van der Waals surface area contributed by atoms with Crippen LogP contribution >= 0.6 is 39.1 Å². The number of aryl methyl sites for hydroxylation is 1. The first-order valence-corrected chi connectivity index (χ1v) is 7.61. The largest absolute Gasteiger partial charge is 0.270 e. The second-order valence-electron chi connectivity index (χ2n) is 4.22. The number of hydrogen-bond acceptors (Lipinski definition) is 4. The maximum Gasteiger partial charge on any atom is 0.107 e. The van der Waals surface area contributed by atoms with Crippen molar-refractivity contribution in [2.45, 2.75) is 25.9 Å². The summed E-state index contributed by atoms with van der Waals surface area (Å²) in [6.07, 6.45) is 4.24. The van der Waals surface area contributed by atoms with Crippen LogP contribution in [0.3, 0.4) is 0 Å². The zero-order valence-corrected chi connectivity index (χ0v) is 13.9. The molecule has 2 aromatic heterocycles. The van der Waals surface area contributed by atoms with Crippen LogP contribution in [-0.4, -0.2) is 14.8 Å². The lowest BCUT2D eigenvalue weighted by molar-refractivity contribution is 0.513. The van der Waals surface area contributed by atoms with Gasteiger partial charge >= 0.3 is 0 Å². The third-order valence-electron chi connectivity index (χ3n) is 2.82. The highest BCUT2D eigenvalue weighted by Crippen LogP contribution is 2.31. The molecule has 2 rings (SSSR count). The van der Waals surface area contributed by atoms with Gasteiger partial charge in [-0.3, -0.25) is 15.5 Å². The van der Waals surface area contributed by atoms with E-state index in [0.29, 0.717) is 15.7 Å². The van der Waals surface area contributed by atoms with Crippen molar-refractivity contribution in [2.24, 2.45) is 5.84 Å². The van der Waals surface area contributed by atoms with Crippen LogP contribution in [0.25, 0.3) is 0 Å². The molecule has 0 radical (unpaired) electrons. The first kappa shape index (κ1) is 15.7. The summed E-state index contributed by atoms with van der Waals surface area (Å²) in [5, 5.41) is 5.26. The van der Waals surface area contributed by atoms with E-state index in [2.05, 4.69) is 38.4 Å². The van der Waals surface area contributed by atoms with Gasteiger partial charge < -0.3 is 0 Å². The van der Waals surface area contributed by atoms with E-state index in [4.69, 9.17) is 29.0 Å². The van der Waals surface area contributed by atoms with E-state index in [1.165, 1.54) is 0 Å². The minimum absolute atomic E-state index is 0.372. The molecule has 0 aliphatic carbocycles. The van der Waals surface area contributed by atoms with Crippen LogP contribution in [0.5, 0.6) is 0 Å². The maximum absolute atomic E-state index is 6.21. The van der Waals surface area contributed by atoms with E-state index < -0.39 is 0 Å². The van der Waals surface area contributed by atoms with E-state index in [1.807, 2.05) is 4.68 Å². The lowest BCUT2D eigenvalue weighted by atomic mass is 10.1. The highest BCUT2D eigenvalue weighted by Gasteiger charge is 2.24. The average molecular weight is 379 g/mol. The maximum atomic E-state index is 6.21. The van der Waals surface area contributed by atoms with E-state index in [0.717, 1.165) is 23.1 Å². The van der Waals surface area contributed by atoms with E-state index >= 15 is 0 Å². The van der Waals surface area contributed by atoms with Crippen LogP contribution < -0.4 is 11.3 Å². The second kappa shape index (κ2) is 6.87. The van der Waals surface area contributed by atoms with Gasteiger partial charge in [0.1, 0.15) is 6.04 Å². The van der Waals surface area contributed by atoms with Crippen molar-refractivity contribution in [2.75, 3.05) is 0 Å². The molecular weight excluding hydrogens is 365 g/mol. The summed E-state index contributed by atoms with van der Waals surface area (Å²) in [6, 6.07) is 1.27. The molecule has 0 spiro atoms. The normalized spacial score (nSPS) is 12.7. The Balaban J connectivity index is 2.49. The van der Waals surface area contributed by atoms with Crippen molar-refractivity contribution in [3.8, 4) is 0 Å². The molecule has 0 amide bonds. The van der Waals surface area contributed by atoms with Gasteiger partial charge in [-0.05, 0) is 28.4 Å². The highest BCUT2D eigenvalue weighted by molar-refractivity contribution is 9.10. The molecule has 8 heteroatoms. The third kappa shape index (κ3) is 3.15. The first-order chi connectivity index (χ1) is 9.58. The van der Waals surface area contributed by atoms with Gasteiger partial charge in [0.2, 0.25) is 0 Å². The summed E-state index contributed by atoms with van der Waals surface area (Å²) in [4.78, 5) is 4.28. The Morgan fingerprint density at radius 3 is 2.80 bits per heavy atom. The van der Waals surface area contributed by atoms with Gasteiger partial charge in [0.05, 0.1) is 32.1 Å². The summed E-state index contributed by atoms with van der Waals surface area (Å²) in [6.45, 7) is 2.86. The molecular formula is C12H14BrCl2N5. The smallest absolute Gasteiger partial charge is 0.107 e. The first-order valence-electron chi connectivity index (χ1n) is 6.06. The number of aromatic nitrogens is 3. The van der Waals surface area contributed by atoms with E-state index in [9.17, 15) is 0 Å². The zero-order chi connectivity index (χ0) is 14.7. The molecule has 0 fully saturated rings. The molecule has 1 unspecified atom stereocenters. The number of nitrogens with zero attached hydrogens (tertiary/aromatic N) is 3. The van der Waals surface area contributed by atoms with Crippen molar-refractivity contribution in [3.05, 3.63) is 44.4 Å². The summed E-state index contributed by atoms with van der Waals surface area (Å²) in [5.74, 6) is 5.69. The van der Waals surface area contributed by atoms with Crippen molar-refractivity contribution < 1.29 is 0 Å². The van der Waals surface area contributed by atoms with Gasteiger partial charge in [0, 0.05) is 12.7 Å². The molecule has 2 aromatic rings. The van der Waals surface area contributed by atoms with Gasteiger partial charge in [-0.15, -0.1) is 0 Å². The van der Waals surface area contributed by atoms with E-state index in [1.54, 1.807) is 18.5 Å². The predicted octanol–water partition coefficient (Wildman–Crippen LogP) is 3.31. The molecule has 1 atom stereocenters. The number of hydrazine groups is 1. The van der Waals surface area contributed by atoms with Crippen LogP contribution in [0, 0.1) is 0 Å². The molecule has 0 aliphatic heterocycles. The fourth-order valence-corrected chi connectivity index (χ4v) is 2.99. The van der Waals surface area contributed by atoms with Gasteiger partial charge in [0.25, 0.3) is 0 Å². The van der Waals surface area contributed by atoms with Crippen molar-refractivity contribution in [3.63, 3.8) is 0 Å². The monoisotopic (exact) mass is 377 g/mol. The summed E-state index contributed by atoms with van der Waals surface area (Å²) < 4.78 is 2.73. The van der Waals surface area contributed by atoms with Gasteiger partial charge in [0.15, 0.2) is 0 Å². The summed E-state index contributed by atoms with van der Waals surface area (Å²) in [5.41, 5.74) is 4.23. The number of nitrogens with two attached hydrogens (primary N) is 1. The number of pyridine rings is 1. The molecule has 0 bridgehead atoms. The topological polar surface area (TPSA) is 68.8 Å². The molecule has 108 valence electrons. The molecule has 20 heavy (non-hydrogen) atoms. The number of nitrogens with one attached hydrogen (secondary N) is 1. The molecule has 2 heterocycles. The Morgan fingerprint density at radius 1 is 1.45 bits per heavy atom. The lowest BCUT2D eigenvalue weighted by Crippen LogP contribution is -2.32. The van der Waals surface area contributed by atoms with Gasteiger partial charge in [-0.1, -0.05) is 30.1 Å². The molecule has 5 nitrogen and oxygen atoms in total. The lowest BCUT2D eigenvalue weighted by Gasteiger charge is -2.19. The quantitative estimate of drug-likeness (QED) is 0.618. The Kier molecular flexibility index (Phi) is 5.40. The van der Waals surface area contributed by atoms with Crippen molar-refractivity contribution in [1.82, 2.24) is 20.2 Å². The van der Waals surface area contributed by atoms with Crippen molar-refractivity contribution in [1.29, 1.82) is 0 Å². The van der Waals surface area contributed by atoms with Crippen LogP contribution in [0.15, 0.2) is 22.9 Å². The fourth-order valence-electron chi connectivity index (χ4n) is 1.97. The molecule has 0 saturated heterocycles. The molecule has 3 N–H and O–H groups in total.